The van der Waals surface area contributed by atoms with Gasteiger partial charge in [-0.15, -0.1) is 0 Å². The number of carbonyl (C=O) groups excluding carboxylic acids is 2. The number of hydrogen-bond donors (Lipinski definition) is 2. The van der Waals surface area contributed by atoms with Gasteiger partial charge in [-0.3, -0.25) is 9.59 Å². The van der Waals surface area contributed by atoms with Crippen molar-refractivity contribution in [2.75, 3.05) is 0 Å². The third-order valence-electron chi connectivity index (χ3n) is 4.01. The van der Waals surface area contributed by atoms with E-state index in [4.69, 9.17) is 0 Å². The largest absolute Gasteiger partial charge is 0.331 e. The third kappa shape index (κ3) is 10.9. The normalized spacial score (nSPS) is 14.0. The first kappa shape index (κ1) is 22.3. The van der Waals surface area contributed by atoms with Crippen LogP contribution in [0.3, 0.4) is 0 Å². The summed E-state index contributed by atoms with van der Waals surface area (Å²) in [4.78, 5) is 23.3. The van der Waals surface area contributed by atoms with Gasteiger partial charge in [-0.05, 0) is 37.5 Å². The Bertz CT molecular complexity index is 370. The van der Waals surface area contributed by atoms with Crippen molar-refractivity contribution in [3.63, 3.8) is 0 Å². The highest BCUT2D eigenvalue weighted by Gasteiger charge is 2.12. The van der Waals surface area contributed by atoms with Crippen LogP contribution >= 0.6 is 0 Å². The standard InChI is InChI=1S/C18H34N4O2/c1-5-9-11-15(7-3)13-19-21-17(23)18(24)22-20-14-16(8-4)12-10-6-2/h13-16H,5-12H2,1-4H3,(H,21,23)(H,22,24)/b19-13-,20-14+/t15-,16+/m0/s1. The van der Waals surface area contributed by atoms with Gasteiger partial charge >= 0.3 is 11.8 Å². The third-order valence-corrected chi connectivity index (χ3v) is 4.01. The summed E-state index contributed by atoms with van der Waals surface area (Å²) in [6.45, 7) is 8.44. The average molecular weight is 338 g/mol. The Morgan fingerprint density at radius 1 is 0.792 bits per heavy atom. The molecule has 24 heavy (non-hydrogen) atoms. The molecule has 0 radical (unpaired) electrons. The predicted octanol–water partition coefficient (Wildman–Crippen LogP) is 3.62. The Labute approximate surface area is 146 Å². The summed E-state index contributed by atoms with van der Waals surface area (Å²) in [6, 6.07) is 0. The molecule has 0 aromatic heterocycles. The molecule has 0 saturated heterocycles. The van der Waals surface area contributed by atoms with Gasteiger partial charge in [-0.25, -0.2) is 10.9 Å². The minimum absolute atomic E-state index is 0.329. The predicted molar refractivity (Wildman–Crippen MR) is 99.9 cm³/mol. The summed E-state index contributed by atoms with van der Waals surface area (Å²) in [5.41, 5.74) is 4.51. The van der Waals surface area contributed by atoms with Gasteiger partial charge in [-0.2, -0.15) is 10.2 Å². The van der Waals surface area contributed by atoms with Crippen LogP contribution in [-0.4, -0.2) is 24.2 Å². The second kappa shape index (κ2) is 14.8. The number of hydrazone groups is 2. The Kier molecular flexibility index (Phi) is 13.8. The average Bonchev–Trinajstić information content (AvgIpc) is 2.60. The second-order valence-electron chi connectivity index (χ2n) is 6.06. The molecule has 0 aliphatic rings. The number of nitrogens with one attached hydrogen (secondary N) is 2. The summed E-state index contributed by atoms with van der Waals surface area (Å²) in [6.07, 6.45) is 12.0. The van der Waals surface area contributed by atoms with Crippen LogP contribution in [0.15, 0.2) is 10.2 Å². The zero-order valence-electron chi connectivity index (χ0n) is 15.7. The van der Waals surface area contributed by atoms with Crippen LogP contribution in [0.2, 0.25) is 0 Å². The maximum Gasteiger partial charge on any atom is 0.331 e. The highest BCUT2D eigenvalue weighted by molar-refractivity contribution is 6.35. The van der Waals surface area contributed by atoms with Crippen LogP contribution in [0, 0.1) is 11.8 Å². The molecule has 2 atom stereocenters. The van der Waals surface area contributed by atoms with Crippen LogP contribution < -0.4 is 10.9 Å². The van der Waals surface area contributed by atoms with Crippen LogP contribution in [0.4, 0.5) is 0 Å². The number of rotatable bonds is 12. The first-order valence-electron chi connectivity index (χ1n) is 9.25. The fourth-order valence-electron chi connectivity index (χ4n) is 2.20. The van der Waals surface area contributed by atoms with Gasteiger partial charge in [-0.1, -0.05) is 53.4 Å². The zero-order chi connectivity index (χ0) is 18.2. The fourth-order valence-corrected chi connectivity index (χ4v) is 2.20. The first-order chi connectivity index (χ1) is 11.6. The molecule has 0 aliphatic heterocycles. The van der Waals surface area contributed by atoms with Crippen molar-refractivity contribution in [2.24, 2.45) is 22.0 Å². The van der Waals surface area contributed by atoms with Crippen molar-refractivity contribution in [2.45, 2.75) is 79.1 Å². The Morgan fingerprint density at radius 3 is 1.46 bits per heavy atom. The number of unbranched alkanes of at least 4 members (excludes halogenated alkanes) is 2. The first-order valence-corrected chi connectivity index (χ1v) is 9.25. The fraction of sp³-hybridized carbons (Fsp3) is 0.778. The molecule has 2 N–H and O–H groups in total. The van der Waals surface area contributed by atoms with E-state index >= 15 is 0 Å². The monoisotopic (exact) mass is 338 g/mol. The Morgan fingerprint density at radius 2 is 1.17 bits per heavy atom. The molecule has 0 aromatic rings. The SMILES string of the molecule is CCCC[C@@H](/C=N\NC(=O)C(=O)N/N=C/[C@H](CC)CCCC)CC. The van der Waals surface area contributed by atoms with Crippen molar-refractivity contribution in [3.05, 3.63) is 0 Å². The minimum atomic E-state index is -0.796. The van der Waals surface area contributed by atoms with Crippen molar-refractivity contribution >= 4 is 24.2 Å². The summed E-state index contributed by atoms with van der Waals surface area (Å²) in [7, 11) is 0. The number of hydrogen-bond acceptors (Lipinski definition) is 4. The van der Waals surface area contributed by atoms with E-state index in [9.17, 15) is 9.59 Å². The molecule has 0 heterocycles. The van der Waals surface area contributed by atoms with E-state index in [1.54, 1.807) is 12.4 Å². The van der Waals surface area contributed by atoms with E-state index in [2.05, 4.69) is 48.7 Å². The van der Waals surface area contributed by atoms with Crippen molar-refractivity contribution in [1.82, 2.24) is 10.9 Å². The van der Waals surface area contributed by atoms with E-state index in [1.165, 1.54) is 0 Å². The lowest BCUT2D eigenvalue weighted by atomic mass is 10.0. The maximum absolute atomic E-state index is 11.6. The van der Waals surface area contributed by atoms with E-state index in [0.29, 0.717) is 11.8 Å². The van der Waals surface area contributed by atoms with Gasteiger partial charge in [0.2, 0.25) is 0 Å². The summed E-state index contributed by atoms with van der Waals surface area (Å²) in [5.74, 6) is -0.934. The molecule has 0 aliphatic carbocycles. The molecular formula is C18H34N4O2. The maximum atomic E-state index is 11.6. The molecule has 0 bridgehead atoms. The number of carbonyl (C=O) groups is 2. The summed E-state index contributed by atoms with van der Waals surface area (Å²) < 4.78 is 0. The van der Waals surface area contributed by atoms with Crippen molar-refractivity contribution in [1.29, 1.82) is 0 Å². The van der Waals surface area contributed by atoms with Gasteiger partial charge in [0.1, 0.15) is 0 Å². The molecule has 0 saturated carbocycles. The number of nitrogens with zero attached hydrogens (tertiary/aromatic N) is 2. The summed E-state index contributed by atoms with van der Waals surface area (Å²) >= 11 is 0. The lowest BCUT2D eigenvalue weighted by Crippen LogP contribution is -2.35. The molecule has 2 amide bonds. The highest BCUT2D eigenvalue weighted by atomic mass is 16.2. The van der Waals surface area contributed by atoms with E-state index < -0.39 is 11.8 Å². The molecule has 0 aromatic carbocycles. The quantitative estimate of drug-likeness (QED) is 0.324. The van der Waals surface area contributed by atoms with Gasteiger partial charge in [0.05, 0.1) is 0 Å². The van der Waals surface area contributed by atoms with Crippen LogP contribution in [0.5, 0.6) is 0 Å². The molecule has 6 nitrogen and oxygen atoms in total. The van der Waals surface area contributed by atoms with Gasteiger partial charge in [0, 0.05) is 12.4 Å². The van der Waals surface area contributed by atoms with Gasteiger partial charge in [0.15, 0.2) is 0 Å². The lowest BCUT2D eigenvalue weighted by Gasteiger charge is -2.08. The van der Waals surface area contributed by atoms with Crippen molar-refractivity contribution in [3.8, 4) is 0 Å². The van der Waals surface area contributed by atoms with Crippen molar-refractivity contribution < 1.29 is 9.59 Å². The molecule has 0 spiro atoms. The van der Waals surface area contributed by atoms with Crippen LogP contribution in [0.25, 0.3) is 0 Å². The van der Waals surface area contributed by atoms with Gasteiger partial charge < -0.3 is 0 Å². The van der Waals surface area contributed by atoms with Crippen LogP contribution in [0.1, 0.15) is 79.1 Å². The zero-order valence-corrected chi connectivity index (χ0v) is 15.7. The van der Waals surface area contributed by atoms with E-state index in [-0.39, 0.29) is 0 Å². The Hall–Kier alpha value is -1.72. The van der Waals surface area contributed by atoms with E-state index in [1.807, 2.05) is 0 Å². The number of amides is 2. The molecule has 0 rings (SSSR count). The second-order valence-corrected chi connectivity index (χ2v) is 6.06. The van der Waals surface area contributed by atoms with Gasteiger partial charge in [0.25, 0.3) is 0 Å². The molecule has 0 unspecified atom stereocenters. The highest BCUT2D eigenvalue weighted by Crippen LogP contribution is 2.10. The minimum Gasteiger partial charge on any atom is -0.262 e. The molecule has 6 heteroatoms. The topological polar surface area (TPSA) is 82.9 Å². The molecule has 138 valence electrons. The molecular weight excluding hydrogens is 304 g/mol. The Balaban J connectivity index is 4.20. The molecule has 0 fully saturated rings. The summed E-state index contributed by atoms with van der Waals surface area (Å²) in [5, 5.41) is 7.76. The lowest BCUT2D eigenvalue weighted by molar-refractivity contribution is -0.139. The smallest absolute Gasteiger partial charge is 0.262 e. The van der Waals surface area contributed by atoms with Crippen LogP contribution in [-0.2, 0) is 9.59 Å². The van der Waals surface area contributed by atoms with E-state index in [0.717, 1.165) is 51.4 Å².